The van der Waals surface area contributed by atoms with Crippen LogP contribution >= 0.6 is 0 Å². The lowest BCUT2D eigenvalue weighted by atomic mass is 10.1. The Bertz CT molecular complexity index is 648. The molecule has 4 heteroatoms. The maximum Gasteiger partial charge on any atom is 0.258 e. The van der Waals surface area contributed by atoms with Crippen LogP contribution in [-0.4, -0.2) is 43.6 Å². The molecule has 3 rings (SSSR count). The van der Waals surface area contributed by atoms with E-state index in [9.17, 15) is 4.79 Å². The summed E-state index contributed by atoms with van der Waals surface area (Å²) in [4.78, 5) is 14.3. The second kappa shape index (κ2) is 6.79. The molecule has 2 aromatic rings. The Kier molecular flexibility index (Phi) is 4.59. The molecule has 1 heterocycles. The molecule has 116 valence electrons. The van der Waals surface area contributed by atoms with E-state index in [-0.39, 0.29) is 18.6 Å². The highest BCUT2D eigenvalue weighted by Gasteiger charge is 2.18. The topological polar surface area (TPSA) is 41.6 Å². The van der Waals surface area contributed by atoms with E-state index in [1.54, 1.807) is 0 Å². The number of nitrogens with one attached hydrogen (secondary N) is 1. The summed E-state index contributed by atoms with van der Waals surface area (Å²) >= 11 is 0. The van der Waals surface area contributed by atoms with Gasteiger partial charge < -0.3 is 15.0 Å². The fourth-order valence-corrected chi connectivity index (χ4v) is 2.83. The van der Waals surface area contributed by atoms with Gasteiger partial charge in [0.25, 0.3) is 5.91 Å². The van der Waals surface area contributed by atoms with E-state index < -0.39 is 0 Å². The SMILES string of the molecule is CN1CCC(NC(=O)COc2ccc3ccccc3c2)CC1. The number of hydrogen-bond acceptors (Lipinski definition) is 3. The van der Waals surface area contributed by atoms with Crippen molar-refractivity contribution in [2.75, 3.05) is 26.7 Å². The zero-order chi connectivity index (χ0) is 15.4. The third-order valence-corrected chi connectivity index (χ3v) is 4.17. The van der Waals surface area contributed by atoms with E-state index in [1.807, 2.05) is 36.4 Å². The Morgan fingerprint density at radius 3 is 2.68 bits per heavy atom. The molecule has 0 saturated carbocycles. The zero-order valence-corrected chi connectivity index (χ0v) is 12.9. The van der Waals surface area contributed by atoms with Crippen LogP contribution in [0.4, 0.5) is 0 Å². The highest BCUT2D eigenvalue weighted by Crippen LogP contribution is 2.20. The van der Waals surface area contributed by atoms with Crippen molar-refractivity contribution in [1.29, 1.82) is 0 Å². The molecule has 0 unspecified atom stereocenters. The van der Waals surface area contributed by atoms with Gasteiger partial charge in [0.05, 0.1) is 0 Å². The summed E-state index contributed by atoms with van der Waals surface area (Å²) in [6.07, 6.45) is 2.02. The van der Waals surface area contributed by atoms with Crippen LogP contribution in [0.1, 0.15) is 12.8 Å². The molecule has 2 aromatic carbocycles. The average molecular weight is 298 g/mol. The predicted molar refractivity (Wildman–Crippen MR) is 88.1 cm³/mol. The maximum absolute atomic E-state index is 12.0. The quantitative estimate of drug-likeness (QED) is 0.942. The number of ether oxygens (including phenoxy) is 1. The van der Waals surface area contributed by atoms with E-state index in [0.717, 1.165) is 37.1 Å². The number of nitrogens with zero attached hydrogens (tertiary/aromatic N) is 1. The summed E-state index contributed by atoms with van der Waals surface area (Å²) in [7, 11) is 2.11. The van der Waals surface area contributed by atoms with E-state index in [0.29, 0.717) is 0 Å². The number of rotatable bonds is 4. The Morgan fingerprint density at radius 2 is 1.91 bits per heavy atom. The van der Waals surface area contributed by atoms with Crippen LogP contribution in [0.5, 0.6) is 5.75 Å². The third-order valence-electron chi connectivity index (χ3n) is 4.17. The Morgan fingerprint density at radius 1 is 1.18 bits per heavy atom. The van der Waals surface area contributed by atoms with Gasteiger partial charge in [-0.25, -0.2) is 0 Å². The minimum absolute atomic E-state index is 0.0392. The summed E-state index contributed by atoms with van der Waals surface area (Å²) in [6.45, 7) is 2.15. The van der Waals surface area contributed by atoms with Gasteiger partial charge in [0.1, 0.15) is 5.75 Å². The first-order valence-corrected chi connectivity index (χ1v) is 7.80. The van der Waals surface area contributed by atoms with Crippen LogP contribution in [0, 0.1) is 0 Å². The first kappa shape index (κ1) is 14.9. The molecule has 0 atom stereocenters. The van der Waals surface area contributed by atoms with Crippen LogP contribution in [0.25, 0.3) is 10.8 Å². The van der Waals surface area contributed by atoms with Crippen molar-refractivity contribution >= 4 is 16.7 Å². The molecule has 0 aliphatic carbocycles. The summed E-state index contributed by atoms with van der Waals surface area (Å²) in [5.74, 6) is 0.694. The van der Waals surface area contributed by atoms with Crippen molar-refractivity contribution in [3.63, 3.8) is 0 Å². The maximum atomic E-state index is 12.0. The van der Waals surface area contributed by atoms with Crippen molar-refractivity contribution in [3.8, 4) is 5.75 Å². The van der Waals surface area contributed by atoms with Crippen LogP contribution in [0.3, 0.4) is 0 Å². The fraction of sp³-hybridized carbons (Fsp3) is 0.389. The van der Waals surface area contributed by atoms with Gasteiger partial charge >= 0.3 is 0 Å². The molecule has 0 radical (unpaired) electrons. The lowest BCUT2D eigenvalue weighted by molar-refractivity contribution is -0.124. The molecule has 0 spiro atoms. The Labute approximate surface area is 131 Å². The second-order valence-corrected chi connectivity index (χ2v) is 5.94. The molecule has 4 nitrogen and oxygen atoms in total. The number of carbonyl (C=O) groups is 1. The lowest BCUT2D eigenvalue weighted by Crippen LogP contribution is -2.44. The Hall–Kier alpha value is -2.07. The molecule has 1 fully saturated rings. The van der Waals surface area contributed by atoms with Crippen molar-refractivity contribution in [2.24, 2.45) is 0 Å². The average Bonchev–Trinajstić information content (AvgIpc) is 2.55. The van der Waals surface area contributed by atoms with Crippen molar-refractivity contribution in [1.82, 2.24) is 10.2 Å². The van der Waals surface area contributed by atoms with E-state index in [1.165, 1.54) is 5.39 Å². The van der Waals surface area contributed by atoms with Crippen LogP contribution in [-0.2, 0) is 4.79 Å². The van der Waals surface area contributed by atoms with Crippen molar-refractivity contribution in [3.05, 3.63) is 42.5 Å². The number of piperidine rings is 1. The van der Waals surface area contributed by atoms with Gasteiger partial charge in [0.2, 0.25) is 0 Å². The van der Waals surface area contributed by atoms with Crippen LogP contribution in [0.15, 0.2) is 42.5 Å². The highest BCUT2D eigenvalue weighted by atomic mass is 16.5. The fourth-order valence-electron chi connectivity index (χ4n) is 2.83. The zero-order valence-electron chi connectivity index (χ0n) is 12.9. The van der Waals surface area contributed by atoms with E-state index in [2.05, 4.69) is 23.3 Å². The van der Waals surface area contributed by atoms with Crippen LogP contribution in [0.2, 0.25) is 0 Å². The minimum Gasteiger partial charge on any atom is -0.484 e. The molecule has 1 saturated heterocycles. The normalized spacial score (nSPS) is 16.6. The Balaban J connectivity index is 1.51. The molecule has 1 N–H and O–H groups in total. The summed E-state index contributed by atoms with van der Waals surface area (Å²) in [6, 6.07) is 14.3. The number of fused-ring (bicyclic) bond motifs is 1. The van der Waals surface area contributed by atoms with Gasteiger partial charge in [0, 0.05) is 6.04 Å². The molecular formula is C18H22N2O2. The van der Waals surface area contributed by atoms with Crippen LogP contribution < -0.4 is 10.1 Å². The smallest absolute Gasteiger partial charge is 0.258 e. The van der Waals surface area contributed by atoms with Gasteiger partial charge in [-0.05, 0) is 55.9 Å². The number of hydrogen-bond donors (Lipinski definition) is 1. The van der Waals surface area contributed by atoms with Gasteiger partial charge in [0.15, 0.2) is 6.61 Å². The highest BCUT2D eigenvalue weighted by molar-refractivity contribution is 5.84. The summed E-state index contributed by atoms with van der Waals surface area (Å²) in [5, 5.41) is 5.35. The number of benzene rings is 2. The molecule has 1 aliphatic heterocycles. The minimum atomic E-state index is -0.0392. The number of amides is 1. The summed E-state index contributed by atoms with van der Waals surface area (Å²) in [5.41, 5.74) is 0. The van der Waals surface area contributed by atoms with E-state index >= 15 is 0 Å². The number of carbonyl (C=O) groups excluding carboxylic acids is 1. The second-order valence-electron chi connectivity index (χ2n) is 5.94. The molecule has 0 aromatic heterocycles. The standard InChI is InChI=1S/C18H22N2O2/c1-20-10-8-16(9-11-20)19-18(21)13-22-17-7-6-14-4-2-3-5-15(14)12-17/h2-7,12,16H,8-11,13H2,1H3,(H,19,21). The lowest BCUT2D eigenvalue weighted by Gasteiger charge is -2.29. The summed E-state index contributed by atoms with van der Waals surface area (Å²) < 4.78 is 5.62. The van der Waals surface area contributed by atoms with E-state index in [4.69, 9.17) is 4.74 Å². The molecular weight excluding hydrogens is 276 g/mol. The molecule has 0 bridgehead atoms. The number of likely N-dealkylation sites (tertiary alicyclic amines) is 1. The van der Waals surface area contributed by atoms with Gasteiger partial charge in [-0.3, -0.25) is 4.79 Å². The van der Waals surface area contributed by atoms with Gasteiger partial charge in [-0.1, -0.05) is 30.3 Å². The predicted octanol–water partition coefficient (Wildman–Crippen LogP) is 2.43. The van der Waals surface area contributed by atoms with Gasteiger partial charge in [-0.15, -0.1) is 0 Å². The largest absolute Gasteiger partial charge is 0.484 e. The first-order chi connectivity index (χ1) is 10.7. The molecule has 1 aliphatic rings. The van der Waals surface area contributed by atoms with Crippen molar-refractivity contribution in [2.45, 2.75) is 18.9 Å². The molecule has 1 amide bonds. The van der Waals surface area contributed by atoms with Crippen molar-refractivity contribution < 1.29 is 9.53 Å². The van der Waals surface area contributed by atoms with Gasteiger partial charge in [-0.2, -0.15) is 0 Å². The third kappa shape index (κ3) is 3.77. The molecule has 22 heavy (non-hydrogen) atoms. The monoisotopic (exact) mass is 298 g/mol. The first-order valence-electron chi connectivity index (χ1n) is 7.80.